The molecule has 1 atom stereocenters. The van der Waals surface area contributed by atoms with Crippen molar-refractivity contribution in [2.45, 2.75) is 26.2 Å². The van der Waals surface area contributed by atoms with E-state index >= 15 is 0 Å². The topological polar surface area (TPSA) is 114 Å². The molecule has 0 saturated carbocycles. The van der Waals surface area contributed by atoms with Crippen LogP contribution in [0.4, 0.5) is 5.82 Å². The Hall–Kier alpha value is -3.94. The van der Waals surface area contributed by atoms with Gasteiger partial charge in [-0.05, 0) is 25.0 Å². The second kappa shape index (κ2) is 8.83. The standard InChI is InChI=1S/C23H22N6O2/c1-3-15(17-5-4-6-18-19(23(30)31)7-8-24-22(17)18)10-27-21-9-20(28-13-29-21)16-11-25-14(2)26-12-16/h4-9,11-13,15H,3,10H2,1-2H3,(H,30,31)(H,27,28,29). The number of carbonyl (C=O) groups is 1. The molecule has 0 aliphatic rings. The molecule has 0 bridgehead atoms. The van der Waals surface area contributed by atoms with Gasteiger partial charge in [-0.15, -0.1) is 0 Å². The molecule has 0 saturated heterocycles. The molecule has 2 N–H and O–H groups in total. The predicted octanol–water partition coefficient (Wildman–Crippen LogP) is 4.09. The molecule has 31 heavy (non-hydrogen) atoms. The van der Waals surface area contributed by atoms with Gasteiger partial charge in [-0.2, -0.15) is 0 Å². The molecule has 8 heteroatoms. The summed E-state index contributed by atoms with van der Waals surface area (Å²) >= 11 is 0. The maximum Gasteiger partial charge on any atom is 0.336 e. The number of aromatic nitrogens is 5. The largest absolute Gasteiger partial charge is 0.478 e. The summed E-state index contributed by atoms with van der Waals surface area (Å²) in [6, 6.07) is 9.09. The number of fused-ring (bicyclic) bond motifs is 1. The van der Waals surface area contributed by atoms with Gasteiger partial charge in [0.25, 0.3) is 0 Å². The maximum absolute atomic E-state index is 11.6. The van der Waals surface area contributed by atoms with Gasteiger partial charge in [0.1, 0.15) is 18.0 Å². The van der Waals surface area contributed by atoms with Crippen LogP contribution in [0.1, 0.15) is 41.0 Å². The first kappa shape index (κ1) is 20.3. The molecular formula is C23H22N6O2. The van der Waals surface area contributed by atoms with Crippen molar-refractivity contribution in [3.05, 3.63) is 72.2 Å². The molecule has 0 aliphatic heterocycles. The number of pyridine rings is 1. The Morgan fingerprint density at radius 1 is 1.10 bits per heavy atom. The number of aryl methyl sites for hydroxylation is 1. The van der Waals surface area contributed by atoms with E-state index in [0.29, 0.717) is 23.6 Å². The highest BCUT2D eigenvalue weighted by Crippen LogP contribution is 2.29. The minimum atomic E-state index is -0.954. The predicted molar refractivity (Wildman–Crippen MR) is 118 cm³/mol. The smallest absolute Gasteiger partial charge is 0.336 e. The Bertz CT molecular complexity index is 1230. The highest BCUT2D eigenvalue weighted by atomic mass is 16.4. The minimum Gasteiger partial charge on any atom is -0.478 e. The van der Waals surface area contributed by atoms with Gasteiger partial charge in [-0.25, -0.2) is 24.7 Å². The molecular weight excluding hydrogens is 392 g/mol. The molecule has 8 nitrogen and oxygen atoms in total. The number of hydrogen-bond donors (Lipinski definition) is 2. The fourth-order valence-electron chi connectivity index (χ4n) is 3.55. The van der Waals surface area contributed by atoms with Crippen LogP contribution >= 0.6 is 0 Å². The van der Waals surface area contributed by atoms with Crippen molar-refractivity contribution in [3.8, 4) is 11.3 Å². The van der Waals surface area contributed by atoms with Gasteiger partial charge in [0.2, 0.25) is 0 Å². The van der Waals surface area contributed by atoms with Crippen molar-refractivity contribution in [2.75, 3.05) is 11.9 Å². The van der Waals surface area contributed by atoms with Gasteiger partial charge >= 0.3 is 5.97 Å². The Morgan fingerprint density at radius 3 is 2.65 bits per heavy atom. The number of aromatic carboxylic acids is 1. The fraction of sp³-hybridized carbons (Fsp3) is 0.217. The fourth-order valence-corrected chi connectivity index (χ4v) is 3.55. The highest BCUT2D eigenvalue weighted by Gasteiger charge is 2.17. The van der Waals surface area contributed by atoms with Crippen molar-refractivity contribution in [2.24, 2.45) is 0 Å². The molecule has 0 radical (unpaired) electrons. The lowest BCUT2D eigenvalue weighted by Gasteiger charge is -2.18. The van der Waals surface area contributed by atoms with Gasteiger partial charge in [0.05, 0.1) is 16.8 Å². The molecule has 0 amide bonds. The number of hydrogen-bond acceptors (Lipinski definition) is 7. The first-order valence-corrected chi connectivity index (χ1v) is 10.0. The number of carboxylic acids is 1. The lowest BCUT2D eigenvalue weighted by atomic mass is 9.93. The van der Waals surface area contributed by atoms with Gasteiger partial charge in [0.15, 0.2) is 0 Å². The highest BCUT2D eigenvalue weighted by molar-refractivity contribution is 6.03. The third-order valence-corrected chi connectivity index (χ3v) is 5.24. The van der Waals surface area contributed by atoms with Crippen LogP contribution < -0.4 is 5.32 Å². The molecule has 4 rings (SSSR count). The van der Waals surface area contributed by atoms with Crippen LogP contribution in [-0.2, 0) is 0 Å². The van der Waals surface area contributed by atoms with E-state index in [1.165, 1.54) is 12.4 Å². The summed E-state index contributed by atoms with van der Waals surface area (Å²) in [5.74, 6) is 0.575. The van der Waals surface area contributed by atoms with Crippen molar-refractivity contribution in [1.82, 2.24) is 24.9 Å². The number of nitrogens with one attached hydrogen (secondary N) is 1. The summed E-state index contributed by atoms with van der Waals surface area (Å²) in [6.45, 7) is 4.56. The zero-order chi connectivity index (χ0) is 21.8. The first-order valence-electron chi connectivity index (χ1n) is 10.0. The van der Waals surface area contributed by atoms with E-state index in [0.717, 1.165) is 28.8 Å². The van der Waals surface area contributed by atoms with Gasteiger partial charge < -0.3 is 10.4 Å². The van der Waals surface area contributed by atoms with E-state index in [4.69, 9.17) is 0 Å². The second-order valence-corrected chi connectivity index (χ2v) is 7.20. The Kier molecular flexibility index (Phi) is 5.79. The van der Waals surface area contributed by atoms with E-state index < -0.39 is 5.97 Å². The number of benzene rings is 1. The van der Waals surface area contributed by atoms with Gasteiger partial charge in [-0.1, -0.05) is 25.1 Å². The Labute approximate surface area is 179 Å². The molecule has 0 aliphatic carbocycles. The monoisotopic (exact) mass is 414 g/mol. The van der Waals surface area contributed by atoms with E-state index in [1.54, 1.807) is 24.7 Å². The summed E-state index contributed by atoms with van der Waals surface area (Å²) in [5, 5.41) is 13.5. The minimum absolute atomic E-state index is 0.126. The normalized spacial score (nSPS) is 11.9. The second-order valence-electron chi connectivity index (χ2n) is 7.20. The summed E-state index contributed by atoms with van der Waals surface area (Å²) < 4.78 is 0. The average Bonchev–Trinajstić information content (AvgIpc) is 2.79. The van der Waals surface area contributed by atoms with Crippen LogP contribution in [0.15, 0.2) is 55.2 Å². The zero-order valence-corrected chi connectivity index (χ0v) is 17.3. The molecule has 1 aromatic carbocycles. The maximum atomic E-state index is 11.6. The van der Waals surface area contributed by atoms with Crippen LogP contribution in [0.5, 0.6) is 0 Å². The number of para-hydroxylation sites is 1. The molecule has 156 valence electrons. The zero-order valence-electron chi connectivity index (χ0n) is 17.3. The lowest BCUT2D eigenvalue weighted by Crippen LogP contribution is -2.14. The Balaban J connectivity index is 1.58. The molecule has 0 spiro atoms. The molecule has 1 unspecified atom stereocenters. The first-order chi connectivity index (χ1) is 15.1. The van der Waals surface area contributed by atoms with Crippen LogP contribution in [-0.4, -0.2) is 42.5 Å². The number of nitrogens with zero attached hydrogens (tertiary/aromatic N) is 5. The summed E-state index contributed by atoms with van der Waals surface area (Å²) in [6.07, 6.45) is 7.40. The van der Waals surface area contributed by atoms with E-state index in [1.807, 2.05) is 25.1 Å². The van der Waals surface area contributed by atoms with E-state index in [2.05, 4.69) is 37.2 Å². The molecule has 3 aromatic heterocycles. The average molecular weight is 414 g/mol. The third-order valence-electron chi connectivity index (χ3n) is 5.24. The summed E-state index contributed by atoms with van der Waals surface area (Å²) in [4.78, 5) is 33.1. The summed E-state index contributed by atoms with van der Waals surface area (Å²) in [5.41, 5.74) is 3.55. The van der Waals surface area contributed by atoms with Crippen molar-refractivity contribution < 1.29 is 9.90 Å². The van der Waals surface area contributed by atoms with Gasteiger partial charge in [0, 0.05) is 48.1 Å². The lowest BCUT2D eigenvalue weighted by molar-refractivity contribution is 0.0699. The van der Waals surface area contributed by atoms with Crippen molar-refractivity contribution >= 4 is 22.7 Å². The van der Waals surface area contributed by atoms with Crippen LogP contribution in [0.2, 0.25) is 0 Å². The quantitative estimate of drug-likeness (QED) is 0.465. The number of anilines is 1. The Morgan fingerprint density at radius 2 is 1.90 bits per heavy atom. The number of rotatable bonds is 7. The van der Waals surface area contributed by atoms with E-state index in [-0.39, 0.29) is 11.5 Å². The number of carboxylic acid groups (broad SMARTS) is 1. The SMILES string of the molecule is CCC(CNc1cc(-c2cnc(C)nc2)ncn1)c1cccc2c(C(=O)O)ccnc12. The molecule has 4 aromatic rings. The third kappa shape index (κ3) is 4.32. The molecule has 3 heterocycles. The van der Waals surface area contributed by atoms with Crippen LogP contribution in [0, 0.1) is 6.92 Å². The van der Waals surface area contributed by atoms with Gasteiger partial charge in [-0.3, -0.25) is 4.98 Å². The van der Waals surface area contributed by atoms with Crippen molar-refractivity contribution in [1.29, 1.82) is 0 Å². The van der Waals surface area contributed by atoms with Crippen molar-refractivity contribution in [3.63, 3.8) is 0 Å². The van der Waals surface area contributed by atoms with E-state index in [9.17, 15) is 9.90 Å². The summed E-state index contributed by atoms with van der Waals surface area (Å²) in [7, 11) is 0. The van der Waals surface area contributed by atoms with Crippen LogP contribution in [0.3, 0.4) is 0 Å². The molecule has 0 fully saturated rings. The van der Waals surface area contributed by atoms with Crippen LogP contribution in [0.25, 0.3) is 22.2 Å².